The van der Waals surface area contributed by atoms with Crippen LogP contribution in [0, 0.1) is 11.6 Å². The third kappa shape index (κ3) is 3.01. The fourth-order valence-corrected chi connectivity index (χ4v) is 1.78. The minimum absolute atomic E-state index is 0.194. The molecule has 0 unspecified atom stereocenters. The predicted molar refractivity (Wildman–Crippen MR) is 72.0 cm³/mol. The molecule has 6 heteroatoms. The van der Waals surface area contributed by atoms with Crippen molar-refractivity contribution in [1.82, 2.24) is 9.97 Å². The van der Waals surface area contributed by atoms with Crippen LogP contribution in [-0.2, 0) is 6.42 Å². The number of halogens is 2. The van der Waals surface area contributed by atoms with E-state index in [1.807, 2.05) is 13.8 Å². The van der Waals surface area contributed by atoms with Crippen LogP contribution in [-0.4, -0.2) is 16.5 Å². The molecule has 0 aliphatic rings. The summed E-state index contributed by atoms with van der Waals surface area (Å²) in [6.07, 6.45) is 1.93. The van der Waals surface area contributed by atoms with E-state index < -0.39 is 11.6 Å². The van der Waals surface area contributed by atoms with Crippen LogP contribution < -0.4 is 10.1 Å². The van der Waals surface area contributed by atoms with E-state index in [0.29, 0.717) is 18.8 Å². The van der Waals surface area contributed by atoms with Crippen LogP contribution in [0.25, 0.3) is 0 Å². The molecule has 1 aromatic heterocycles. The maximum Gasteiger partial charge on any atom is 0.227 e. The average molecular weight is 279 g/mol. The summed E-state index contributed by atoms with van der Waals surface area (Å²) >= 11 is 0. The number of nitrogens with one attached hydrogen (secondary N) is 1. The van der Waals surface area contributed by atoms with E-state index in [1.165, 1.54) is 6.33 Å². The zero-order valence-corrected chi connectivity index (χ0v) is 11.3. The summed E-state index contributed by atoms with van der Waals surface area (Å²) in [6.45, 7) is 4.54. The third-order valence-corrected chi connectivity index (χ3v) is 2.70. The van der Waals surface area contributed by atoms with Gasteiger partial charge < -0.3 is 10.1 Å². The second-order valence-electron chi connectivity index (χ2n) is 4.07. The number of aromatic nitrogens is 2. The van der Waals surface area contributed by atoms with Gasteiger partial charge in [-0.05, 0) is 25.5 Å². The van der Waals surface area contributed by atoms with Crippen molar-refractivity contribution in [2.45, 2.75) is 20.3 Å². The molecule has 4 nitrogen and oxygen atoms in total. The maximum absolute atomic E-state index is 13.6. The molecule has 0 aliphatic carbocycles. The smallest absolute Gasteiger partial charge is 0.227 e. The van der Waals surface area contributed by atoms with Gasteiger partial charge in [-0.15, -0.1) is 0 Å². The molecule has 2 aromatic rings. The number of hydrogen-bond donors (Lipinski definition) is 1. The summed E-state index contributed by atoms with van der Waals surface area (Å²) in [6, 6.07) is 3.04. The van der Waals surface area contributed by atoms with E-state index >= 15 is 0 Å². The van der Waals surface area contributed by atoms with Gasteiger partial charge in [-0.1, -0.05) is 6.92 Å². The van der Waals surface area contributed by atoms with Crippen molar-refractivity contribution in [3.05, 3.63) is 41.7 Å². The van der Waals surface area contributed by atoms with Gasteiger partial charge in [0, 0.05) is 12.6 Å². The van der Waals surface area contributed by atoms with E-state index in [0.717, 1.165) is 23.8 Å². The Morgan fingerprint density at radius 3 is 2.70 bits per heavy atom. The summed E-state index contributed by atoms with van der Waals surface area (Å²) < 4.78 is 32.1. The highest BCUT2D eigenvalue weighted by Gasteiger charge is 2.14. The predicted octanol–water partition coefficient (Wildman–Crippen LogP) is 3.54. The molecule has 0 atom stereocenters. The maximum atomic E-state index is 13.6. The van der Waals surface area contributed by atoms with Gasteiger partial charge in [-0.3, -0.25) is 0 Å². The Morgan fingerprint density at radius 1 is 1.20 bits per heavy atom. The second-order valence-corrected chi connectivity index (χ2v) is 4.07. The number of hydrogen-bond acceptors (Lipinski definition) is 4. The van der Waals surface area contributed by atoms with Crippen LogP contribution >= 0.6 is 0 Å². The lowest BCUT2D eigenvalue weighted by Gasteiger charge is -2.13. The lowest BCUT2D eigenvalue weighted by atomic mass is 10.2. The number of benzene rings is 1. The van der Waals surface area contributed by atoms with Gasteiger partial charge in [-0.25, -0.2) is 18.7 Å². The van der Waals surface area contributed by atoms with Crippen LogP contribution in [0.5, 0.6) is 11.6 Å². The van der Waals surface area contributed by atoms with Gasteiger partial charge in [0.05, 0.1) is 5.56 Å². The number of ether oxygens (including phenoxy) is 1. The molecule has 0 radical (unpaired) electrons. The number of nitrogens with zero attached hydrogens (tertiary/aromatic N) is 2. The lowest BCUT2D eigenvalue weighted by molar-refractivity contribution is 0.417. The van der Waals surface area contributed by atoms with Crippen LogP contribution in [0.3, 0.4) is 0 Å². The van der Waals surface area contributed by atoms with Crippen LogP contribution in [0.4, 0.5) is 14.6 Å². The molecule has 1 N–H and O–H groups in total. The van der Waals surface area contributed by atoms with Gasteiger partial charge in [-0.2, -0.15) is 0 Å². The molecule has 20 heavy (non-hydrogen) atoms. The normalized spacial score (nSPS) is 10.4. The molecule has 1 aromatic carbocycles. The molecule has 0 spiro atoms. The van der Waals surface area contributed by atoms with Gasteiger partial charge >= 0.3 is 0 Å². The Hall–Kier alpha value is -2.24. The second kappa shape index (κ2) is 6.27. The highest BCUT2D eigenvalue weighted by Crippen LogP contribution is 2.29. The molecule has 0 saturated carbocycles. The standard InChI is InChI=1S/C14H15F2N3O/c1-3-10-13(17-4-2)18-8-19-14(10)20-12-7-9(15)5-6-11(12)16/h5-8H,3-4H2,1-2H3,(H,17,18,19). The molecule has 0 fully saturated rings. The summed E-state index contributed by atoms with van der Waals surface area (Å²) in [5.74, 6) is -0.543. The minimum Gasteiger partial charge on any atom is -0.435 e. The molecule has 0 saturated heterocycles. The van der Waals surface area contributed by atoms with E-state index in [9.17, 15) is 8.78 Å². The molecule has 0 aliphatic heterocycles. The largest absolute Gasteiger partial charge is 0.435 e. The summed E-state index contributed by atoms with van der Waals surface area (Å²) in [5, 5.41) is 3.08. The van der Waals surface area contributed by atoms with Crippen molar-refractivity contribution in [1.29, 1.82) is 0 Å². The first-order chi connectivity index (χ1) is 9.65. The van der Waals surface area contributed by atoms with E-state index in [1.54, 1.807) is 0 Å². The van der Waals surface area contributed by atoms with Crippen LogP contribution in [0.15, 0.2) is 24.5 Å². The minimum atomic E-state index is -0.642. The topological polar surface area (TPSA) is 47.0 Å². The Labute approximate surface area is 115 Å². The van der Waals surface area contributed by atoms with E-state index in [4.69, 9.17) is 4.74 Å². The highest BCUT2D eigenvalue weighted by molar-refractivity contribution is 5.49. The summed E-state index contributed by atoms with van der Waals surface area (Å²) in [7, 11) is 0. The number of rotatable bonds is 5. The van der Waals surface area contributed by atoms with Gasteiger partial charge in [0.25, 0.3) is 0 Å². The summed E-state index contributed by atoms with van der Waals surface area (Å²) in [5.41, 5.74) is 0.720. The molecule has 2 rings (SSSR count). The molecule has 106 valence electrons. The van der Waals surface area contributed by atoms with Crippen molar-refractivity contribution in [2.75, 3.05) is 11.9 Å². The highest BCUT2D eigenvalue weighted by atomic mass is 19.1. The van der Waals surface area contributed by atoms with Crippen molar-refractivity contribution in [3.8, 4) is 11.6 Å². The van der Waals surface area contributed by atoms with E-state index in [-0.39, 0.29) is 11.6 Å². The SMILES string of the molecule is CCNc1ncnc(Oc2cc(F)ccc2F)c1CC. The fourth-order valence-electron chi connectivity index (χ4n) is 1.78. The Morgan fingerprint density at radius 2 is 2.00 bits per heavy atom. The first-order valence-corrected chi connectivity index (χ1v) is 6.36. The molecular weight excluding hydrogens is 264 g/mol. The van der Waals surface area contributed by atoms with Crippen molar-refractivity contribution in [3.63, 3.8) is 0 Å². The molecule has 1 heterocycles. The Kier molecular flexibility index (Phi) is 4.45. The van der Waals surface area contributed by atoms with Gasteiger partial charge in [0.2, 0.25) is 5.88 Å². The molecule has 0 amide bonds. The first-order valence-electron chi connectivity index (χ1n) is 6.36. The number of anilines is 1. The molecular formula is C14H15F2N3O. The Bertz CT molecular complexity index is 605. The first kappa shape index (κ1) is 14.2. The zero-order chi connectivity index (χ0) is 14.5. The van der Waals surface area contributed by atoms with Crippen molar-refractivity contribution < 1.29 is 13.5 Å². The lowest BCUT2D eigenvalue weighted by Crippen LogP contribution is -2.06. The van der Waals surface area contributed by atoms with E-state index in [2.05, 4.69) is 15.3 Å². The van der Waals surface area contributed by atoms with Crippen LogP contribution in [0.1, 0.15) is 19.4 Å². The monoisotopic (exact) mass is 279 g/mol. The average Bonchev–Trinajstić information content (AvgIpc) is 2.43. The molecule has 0 bridgehead atoms. The van der Waals surface area contributed by atoms with Crippen LogP contribution in [0.2, 0.25) is 0 Å². The quantitative estimate of drug-likeness (QED) is 0.909. The zero-order valence-electron chi connectivity index (χ0n) is 11.3. The Balaban J connectivity index is 2.37. The van der Waals surface area contributed by atoms with Gasteiger partial charge in [0.15, 0.2) is 11.6 Å². The fraction of sp³-hybridized carbons (Fsp3) is 0.286. The van der Waals surface area contributed by atoms with Crippen molar-refractivity contribution in [2.24, 2.45) is 0 Å². The summed E-state index contributed by atoms with van der Waals surface area (Å²) in [4.78, 5) is 8.11. The van der Waals surface area contributed by atoms with Gasteiger partial charge in [0.1, 0.15) is 18.0 Å². The third-order valence-electron chi connectivity index (χ3n) is 2.70. The van der Waals surface area contributed by atoms with Crippen molar-refractivity contribution >= 4 is 5.82 Å².